The monoisotopic (exact) mass is 490 g/mol. The summed E-state index contributed by atoms with van der Waals surface area (Å²) in [7, 11) is 0. The van der Waals surface area contributed by atoms with Crippen molar-refractivity contribution in [1.29, 1.82) is 0 Å². The highest BCUT2D eigenvalue weighted by Crippen LogP contribution is 2.44. The van der Waals surface area contributed by atoms with Crippen LogP contribution in [0.3, 0.4) is 0 Å². The van der Waals surface area contributed by atoms with Gasteiger partial charge in [0.1, 0.15) is 0 Å². The number of amides is 2. The molecule has 0 unspecified atom stereocenters. The van der Waals surface area contributed by atoms with Crippen molar-refractivity contribution in [2.24, 2.45) is 11.8 Å². The minimum Gasteiger partial charge on any atom is -0.481 e. The third-order valence-electron chi connectivity index (χ3n) is 7.13. The van der Waals surface area contributed by atoms with Gasteiger partial charge in [0.25, 0.3) is 5.91 Å². The second-order valence-corrected chi connectivity index (χ2v) is 9.54. The van der Waals surface area contributed by atoms with Crippen molar-refractivity contribution in [3.63, 3.8) is 0 Å². The molecule has 0 spiro atoms. The normalized spacial score (nSPS) is 22.6. The first-order valence-electron chi connectivity index (χ1n) is 12.7. The lowest BCUT2D eigenvalue weighted by atomic mass is 9.77. The Labute approximate surface area is 211 Å². The average Bonchev–Trinajstić information content (AvgIpc) is 3.50. The minimum absolute atomic E-state index is 0.0743. The zero-order valence-corrected chi connectivity index (χ0v) is 20.4. The van der Waals surface area contributed by atoms with Crippen molar-refractivity contribution >= 4 is 17.8 Å². The number of carbonyl (C=O) groups is 3. The summed E-state index contributed by atoms with van der Waals surface area (Å²) in [5.41, 5.74) is 2.63. The van der Waals surface area contributed by atoms with Crippen molar-refractivity contribution in [3.05, 3.63) is 72.3 Å². The Morgan fingerprint density at radius 3 is 2.31 bits per heavy atom. The molecule has 0 saturated carbocycles. The van der Waals surface area contributed by atoms with E-state index in [4.69, 9.17) is 9.84 Å². The third kappa shape index (κ3) is 6.82. The van der Waals surface area contributed by atoms with Crippen LogP contribution in [0.4, 0.5) is 0 Å². The quantitative estimate of drug-likeness (QED) is 0.306. The lowest BCUT2D eigenvalue weighted by Gasteiger charge is -2.27. The first-order valence-corrected chi connectivity index (χ1v) is 12.7. The number of carboxylic acids is 1. The van der Waals surface area contributed by atoms with Crippen LogP contribution < -0.4 is 10.6 Å². The number of rotatable bonds is 12. The Morgan fingerprint density at radius 2 is 1.58 bits per heavy atom. The van der Waals surface area contributed by atoms with E-state index in [1.54, 1.807) is 12.1 Å². The molecule has 7 nitrogen and oxygen atoms in total. The topological polar surface area (TPSA) is 105 Å². The maximum atomic E-state index is 12.5. The van der Waals surface area contributed by atoms with Crippen LogP contribution in [0.15, 0.2) is 66.7 Å². The molecule has 0 aromatic heterocycles. The molecule has 2 amide bonds. The zero-order valence-electron chi connectivity index (χ0n) is 20.4. The van der Waals surface area contributed by atoms with Crippen LogP contribution in [0.2, 0.25) is 0 Å². The molecule has 0 radical (unpaired) electrons. The number of carboxylic acid groups (broad SMARTS) is 1. The van der Waals surface area contributed by atoms with Gasteiger partial charge in [-0.25, -0.2) is 0 Å². The van der Waals surface area contributed by atoms with E-state index in [1.165, 1.54) is 0 Å². The van der Waals surface area contributed by atoms with Crippen LogP contribution in [0.1, 0.15) is 48.9 Å². The number of unbranched alkanes of at least 4 members (excludes halogenated alkanes) is 1. The summed E-state index contributed by atoms with van der Waals surface area (Å²) in [6, 6.07) is 17.3. The molecule has 4 atom stereocenters. The minimum atomic E-state index is -0.766. The molecule has 2 aromatic rings. The number of hydrogen-bond acceptors (Lipinski definition) is 4. The van der Waals surface area contributed by atoms with Gasteiger partial charge in [0.15, 0.2) is 0 Å². The standard InChI is InChI=1S/C29H34N2O5/c32-27(19-31-29(35)22-14-12-21(13-15-22)20-8-4-3-5-9-20)30-18-24-23(25-16-17-26(24)36-25)10-6-1-2-7-11-28(33)34/h1,3-6,8-9,12-15,23-26H,2,7,10-11,16-19H2,(H,30,32)(H,31,35)(H,33,34)/b6-1-/t23-,24+,25-,26+/m1/s1. The SMILES string of the molecule is O=C(O)CCC/C=C\C[C@@H]1[C@H](CNC(=O)CNC(=O)c2ccc(-c3ccccc3)cc2)[C@@H]2CC[C@H]1O2. The molecule has 2 fully saturated rings. The van der Waals surface area contributed by atoms with Crippen molar-refractivity contribution in [2.75, 3.05) is 13.1 Å². The molecule has 2 saturated heterocycles. The van der Waals surface area contributed by atoms with Crippen LogP contribution >= 0.6 is 0 Å². The average molecular weight is 491 g/mol. The number of hydrogen-bond donors (Lipinski definition) is 3. The van der Waals surface area contributed by atoms with Crippen LogP contribution in [0.25, 0.3) is 11.1 Å². The van der Waals surface area contributed by atoms with Crippen LogP contribution in [0, 0.1) is 11.8 Å². The number of nitrogens with one attached hydrogen (secondary N) is 2. The highest BCUT2D eigenvalue weighted by molar-refractivity contribution is 5.96. The van der Waals surface area contributed by atoms with Gasteiger partial charge in [0, 0.05) is 24.4 Å². The van der Waals surface area contributed by atoms with Crippen LogP contribution in [-0.2, 0) is 14.3 Å². The van der Waals surface area contributed by atoms with Crippen molar-refractivity contribution in [1.82, 2.24) is 10.6 Å². The van der Waals surface area contributed by atoms with Gasteiger partial charge in [0.2, 0.25) is 5.91 Å². The molecule has 0 aliphatic carbocycles. The maximum Gasteiger partial charge on any atom is 0.303 e. The Morgan fingerprint density at radius 1 is 0.889 bits per heavy atom. The summed E-state index contributed by atoms with van der Waals surface area (Å²) in [5.74, 6) is -0.665. The summed E-state index contributed by atoms with van der Waals surface area (Å²) in [4.78, 5) is 35.6. The van der Waals surface area contributed by atoms with E-state index >= 15 is 0 Å². The Balaban J connectivity index is 1.20. The van der Waals surface area contributed by atoms with Gasteiger partial charge in [0.05, 0.1) is 18.8 Å². The fourth-order valence-corrected chi connectivity index (χ4v) is 5.22. The van der Waals surface area contributed by atoms with Crippen molar-refractivity contribution < 1.29 is 24.2 Å². The van der Waals surface area contributed by atoms with Crippen LogP contribution in [-0.4, -0.2) is 48.2 Å². The first kappa shape index (κ1) is 25.6. The van der Waals surface area contributed by atoms with E-state index in [2.05, 4.69) is 16.7 Å². The summed E-state index contributed by atoms with van der Waals surface area (Å²) < 4.78 is 6.10. The molecule has 36 heavy (non-hydrogen) atoms. The lowest BCUT2D eigenvalue weighted by Crippen LogP contribution is -2.42. The van der Waals surface area contributed by atoms with E-state index in [1.807, 2.05) is 48.5 Å². The molecular formula is C29H34N2O5. The van der Waals surface area contributed by atoms with Gasteiger partial charge in [-0.15, -0.1) is 0 Å². The molecule has 190 valence electrons. The van der Waals surface area contributed by atoms with E-state index in [0.29, 0.717) is 24.4 Å². The number of carbonyl (C=O) groups excluding carboxylic acids is 2. The fourth-order valence-electron chi connectivity index (χ4n) is 5.22. The number of aliphatic carboxylic acids is 1. The Kier molecular flexibility index (Phi) is 8.90. The molecule has 3 N–H and O–H groups in total. The summed E-state index contributed by atoms with van der Waals surface area (Å²) in [6.45, 7) is 0.453. The zero-order chi connectivity index (χ0) is 25.3. The Bertz CT molecular complexity index is 1070. The second kappa shape index (κ2) is 12.5. The lowest BCUT2D eigenvalue weighted by molar-refractivity contribution is -0.137. The number of allylic oxidation sites excluding steroid dienone is 2. The molecule has 2 aliphatic heterocycles. The summed E-state index contributed by atoms with van der Waals surface area (Å²) >= 11 is 0. The molecule has 7 heteroatoms. The predicted octanol–water partition coefficient (Wildman–Crippen LogP) is 4.19. The summed E-state index contributed by atoms with van der Waals surface area (Å²) in [5, 5.41) is 14.4. The smallest absolute Gasteiger partial charge is 0.303 e. The third-order valence-corrected chi connectivity index (χ3v) is 7.13. The maximum absolute atomic E-state index is 12.5. The molecule has 2 heterocycles. The molecule has 2 bridgehead atoms. The summed E-state index contributed by atoms with van der Waals surface area (Å²) in [6.07, 6.45) is 9.06. The van der Waals surface area contributed by atoms with E-state index in [9.17, 15) is 14.4 Å². The number of fused-ring (bicyclic) bond motifs is 2. The number of benzene rings is 2. The van der Waals surface area contributed by atoms with Gasteiger partial charge in [-0.3, -0.25) is 14.4 Å². The second-order valence-electron chi connectivity index (χ2n) is 9.54. The van der Waals surface area contributed by atoms with Gasteiger partial charge in [-0.1, -0.05) is 54.6 Å². The van der Waals surface area contributed by atoms with Gasteiger partial charge < -0.3 is 20.5 Å². The molecule has 2 aromatic carbocycles. The van der Waals surface area contributed by atoms with Crippen molar-refractivity contribution in [3.8, 4) is 11.1 Å². The first-order chi connectivity index (χ1) is 17.5. The molecule has 4 rings (SSSR count). The highest BCUT2D eigenvalue weighted by atomic mass is 16.5. The van der Waals surface area contributed by atoms with Gasteiger partial charge in [-0.2, -0.15) is 0 Å². The Hall–Kier alpha value is -3.45. The van der Waals surface area contributed by atoms with Gasteiger partial charge in [-0.05, 0) is 61.3 Å². The highest BCUT2D eigenvalue weighted by Gasteiger charge is 2.47. The largest absolute Gasteiger partial charge is 0.481 e. The fraction of sp³-hybridized carbons (Fsp3) is 0.414. The molecular weight excluding hydrogens is 456 g/mol. The van der Waals surface area contributed by atoms with Crippen LogP contribution in [0.5, 0.6) is 0 Å². The van der Waals surface area contributed by atoms with E-state index in [0.717, 1.165) is 36.8 Å². The van der Waals surface area contributed by atoms with Crippen molar-refractivity contribution in [2.45, 2.75) is 50.7 Å². The molecule has 2 aliphatic rings. The number of ether oxygens (including phenoxy) is 1. The van der Waals surface area contributed by atoms with E-state index < -0.39 is 5.97 Å². The van der Waals surface area contributed by atoms with Gasteiger partial charge >= 0.3 is 5.97 Å². The predicted molar refractivity (Wildman–Crippen MR) is 137 cm³/mol. The van der Waals surface area contributed by atoms with E-state index in [-0.39, 0.29) is 42.9 Å².